The van der Waals surface area contributed by atoms with Crippen LogP contribution in [-0.2, 0) is 17.9 Å². The highest BCUT2D eigenvalue weighted by Gasteiger charge is 2.22. The zero-order chi connectivity index (χ0) is 21.3. The average Bonchev–Trinajstić information content (AvgIpc) is 2.95. The number of nitrogens with one attached hydrogen (secondary N) is 2. The smallest absolute Gasteiger partial charge is 0.246 e. The number of carbonyl (C=O) groups is 1. The summed E-state index contributed by atoms with van der Waals surface area (Å²) < 4.78 is 1.27. The molecule has 0 unspecified atom stereocenters. The molecule has 1 aromatic carbocycles. The fourth-order valence-corrected chi connectivity index (χ4v) is 4.84. The number of anilines is 1. The number of carbonyl (C=O) groups excluding carboxylic acids is 1. The molecular formula is C24H29ClN4OS. The lowest BCUT2D eigenvalue weighted by molar-refractivity contribution is -0.125. The van der Waals surface area contributed by atoms with E-state index in [0.29, 0.717) is 6.54 Å². The summed E-state index contributed by atoms with van der Waals surface area (Å²) in [4.78, 5) is 20.2. The van der Waals surface area contributed by atoms with Crippen molar-refractivity contribution in [2.75, 3.05) is 18.9 Å². The Morgan fingerprint density at radius 1 is 1.32 bits per heavy atom. The Morgan fingerprint density at radius 2 is 2.10 bits per heavy atom. The van der Waals surface area contributed by atoms with E-state index in [0.717, 1.165) is 30.0 Å². The van der Waals surface area contributed by atoms with Crippen LogP contribution in [0.4, 0.5) is 5.82 Å². The maximum Gasteiger partial charge on any atom is 0.246 e. The van der Waals surface area contributed by atoms with Crippen LogP contribution in [0.15, 0.2) is 42.6 Å². The number of fused-ring (bicyclic) bond motifs is 2. The second kappa shape index (κ2) is 9.39. The SMILES string of the molecule is Cc1c(CN(C)C(=O)/C=C/c2cnc3c(c2)CNC(C)(C)CN3)sc2ccccc12.Cl. The van der Waals surface area contributed by atoms with Gasteiger partial charge in [-0.2, -0.15) is 0 Å². The summed E-state index contributed by atoms with van der Waals surface area (Å²) in [6, 6.07) is 10.5. The van der Waals surface area contributed by atoms with Gasteiger partial charge in [0.2, 0.25) is 5.91 Å². The van der Waals surface area contributed by atoms with E-state index in [9.17, 15) is 4.79 Å². The third kappa shape index (κ3) is 5.26. The zero-order valence-corrected chi connectivity index (χ0v) is 20.0. The molecule has 2 aromatic heterocycles. The maximum atomic E-state index is 12.7. The van der Waals surface area contributed by atoms with Crippen LogP contribution < -0.4 is 10.6 Å². The lowest BCUT2D eigenvalue weighted by atomic mass is 10.1. The van der Waals surface area contributed by atoms with Crippen LogP contribution in [0.2, 0.25) is 0 Å². The number of aryl methyl sites for hydroxylation is 1. The highest BCUT2D eigenvalue weighted by atomic mass is 35.5. The fraction of sp³-hybridized carbons (Fsp3) is 0.333. The highest BCUT2D eigenvalue weighted by Crippen LogP contribution is 2.31. The van der Waals surface area contributed by atoms with Gasteiger partial charge < -0.3 is 15.5 Å². The van der Waals surface area contributed by atoms with E-state index >= 15 is 0 Å². The summed E-state index contributed by atoms with van der Waals surface area (Å²) in [5.41, 5.74) is 3.32. The molecule has 0 radical (unpaired) electrons. The molecule has 31 heavy (non-hydrogen) atoms. The molecule has 0 spiro atoms. The van der Waals surface area contributed by atoms with Crippen LogP contribution in [-0.4, -0.2) is 34.9 Å². The Morgan fingerprint density at radius 3 is 2.87 bits per heavy atom. The van der Waals surface area contributed by atoms with E-state index in [-0.39, 0.29) is 23.9 Å². The normalized spacial score (nSPS) is 15.1. The van der Waals surface area contributed by atoms with Crippen LogP contribution in [0, 0.1) is 6.92 Å². The molecule has 164 valence electrons. The zero-order valence-electron chi connectivity index (χ0n) is 18.4. The van der Waals surface area contributed by atoms with E-state index < -0.39 is 0 Å². The summed E-state index contributed by atoms with van der Waals surface area (Å²) in [6.07, 6.45) is 5.29. The molecule has 2 N–H and O–H groups in total. The molecule has 0 saturated carbocycles. The molecule has 0 atom stereocenters. The van der Waals surface area contributed by atoms with E-state index in [2.05, 4.69) is 66.7 Å². The van der Waals surface area contributed by atoms with Gasteiger partial charge in [-0.3, -0.25) is 4.79 Å². The standard InChI is InChI=1S/C24H28N4OS.ClH/c1-16-19-7-5-6-8-20(19)30-21(16)14-28(4)22(29)10-9-17-11-18-13-27-24(2,3)15-26-23(18)25-12-17;/h5-12,27H,13-15H2,1-4H3,(H,25,26);1H/b10-9+;. The van der Waals surface area contributed by atoms with Crippen molar-refractivity contribution in [1.82, 2.24) is 15.2 Å². The third-order valence-corrected chi connectivity index (χ3v) is 6.82. The Kier molecular flexibility index (Phi) is 7.04. The predicted molar refractivity (Wildman–Crippen MR) is 133 cm³/mol. The molecule has 0 bridgehead atoms. The number of thiophene rings is 1. The quantitative estimate of drug-likeness (QED) is 0.543. The van der Waals surface area contributed by atoms with Gasteiger partial charge in [-0.1, -0.05) is 18.2 Å². The first-order valence-electron chi connectivity index (χ1n) is 10.2. The van der Waals surface area contributed by atoms with Gasteiger partial charge in [-0.05, 0) is 55.5 Å². The summed E-state index contributed by atoms with van der Waals surface area (Å²) in [6.45, 7) is 8.65. The number of pyridine rings is 1. The van der Waals surface area contributed by atoms with E-state index in [4.69, 9.17) is 0 Å². The number of hydrogen-bond acceptors (Lipinski definition) is 5. The second-order valence-electron chi connectivity index (χ2n) is 8.54. The van der Waals surface area contributed by atoms with E-state index in [1.54, 1.807) is 22.3 Å². The number of halogens is 1. The Labute approximate surface area is 194 Å². The average molecular weight is 457 g/mol. The van der Waals surface area contributed by atoms with Crippen molar-refractivity contribution < 1.29 is 4.79 Å². The highest BCUT2D eigenvalue weighted by molar-refractivity contribution is 7.19. The number of hydrogen-bond donors (Lipinski definition) is 2. The molecule has 7 heteroatoms. The molecule has 0 fully saturated rings. The number of benzene rings is 1. The maximum absolute atomic E-state index is 12.7. The second-order valence-corrected chi connectivity index (χ2v) is 9.68. The van der Waals surface area contributed by atoms with Crippen LogP contribution in [0.25, 0.3) is 16.2 Å². The first kappa shape index (κ1) is 23.3. The molecule has 1 amide bonds. The van der Waals surface area contributed by atoms with Gasteiger partial charge in [-0.15, -0.1) is 23.7 Å². The Hall–Kier alpha value is -2.41. The minimum absolute atomic E-state index is 0. The van der Waals surface area contributed by atoms with Gasteiger partial charge in [0.15, 0.2) is 0 Å². The molecule has 4 rings (SSSR count). The van der Waals surface area contributed by atoms with Crippen molar-refractivity contribution in [3.05, 3.63) is 64.2 Å². The van der Waals surface area contributed by atoms with Crippen molar-refractivity contribution in [2.45, 2.75) is 39.4 Å². The van der Waals surface area contributed by atoms with Crippen molar-refractivity contribution in [2.24, 2.45) is 0 Å². The topological polar surface area (TPSA) is 57.3 Å². The van der Waals surface area contributed by atoms with Crippen LogP contribution in [0.1, 0.15) is 35.4 Å². The number of aromatic nitrogens is 1. The summed E-state index contributed by atoms with van der Waals surface area (Å²) in [5.74, 6) is 0.896. The number of likely N-dealkylation sites (N-methyl/N-ethyl adjacent to an activating group) is 1. The fourth-order valence-electron chi connectivity index (χ4n) is 3.58. The Balaban J connectivity index is 0.00000272. The largest absolute Gasteiger partial charge is 0.368 e. The molecule has 1 aliphatic heterocycles. The minimum atomic E-state index is -0.0146. The Bertz CT molecular complexity index is 1120. The number of nitrogens with zero attached hydrogens (tertiary/aromatic N) is 2. The van der Waals surface area contributed by atoms with Gasteiger partial charge in [-0.25, -0.2) is 4.98 Å². The monoisotopic (exact) mass is 456 g/mol. The molecular weight excluding hydrogens is 428 g/mol. The van der Waals surface area contributed by atoms with Crippen LogP contribution in [0.3, 0.4) is 0 Å². The first-order chi connectivity index (χ1) is 14.3. The summed E-state index contributed by atoms with van der Waals surface area (Å²) >= 11 is 1.76. The summed E-state index contributed by atoms with van der Waals surface area (Å²) in [5, 5.41) is 8.20. The molecule has 3 heterocycles. The lowest BCUT2D eigenvalue weighted by Crippen LogP contribution is -2.42. The summed E-state index contributed by atoms with van der Waals surface area (Å²) in [7, 11) is 1.85. The van der Waals surface area contributed by atoms with Gasteiger partial charge in [0, 0.05) is 53.1 Å². The minimum Gasteiger partial charge on any atom is -0.368 e. The van der Waals surface area contributed by atoms with Gasteiger partial charge >= 0.3 is 0 Å². The van der Waals surface area contributed by atoms with Crippen molar-refractivity contribution in [3.63, 3.8) is 0 Å². The lowest BCUT2D eigenvalue weighted by Gasteiger charge is -2.23. The van der Waals surface area contributed by atoms with Gasteiger partial charge in [0.05, 0.1) is 6.54 Å². The molecule has 0 saturated heterocycles. The van der Waals surface area contributed by atoms with Crippen molar-refractivity contribution in [3.8, 4) is 0 Å². The van der Waals surface area contributed by atoms with Gasteiger partial charge in [0.1, 0.15) is 5.82 Å². The van der Waals surface area contributed by atoms with Crippen molar-refractivity contribution >= 4 is 51.6 Å². The van der Waals surface area contributed by atoms with Crippen LogP contribution in [0.5, 0.6) is 0 Å². The molecule has 0 aliphatic carbocycles. The van der Waals surface area contributed by atoms with E-state index in [1.165, 1.54) is 20.5 Å². The number of rotatable bonds is 4. The van der Waals surface area contributed by atoms with Gasteiger partial charge in [0.25, 0.3) is 0 Å². The molecule has 5 nitrogen and oxygen atoms in total. The first-order valence-corrected chi connectivity index (χ1v) is 11.0. The molecule has 1 aliphatic rings. The molecule has 3 aromatic rings. The number of amides is 1. The third-order valence-electron chi connectivity index (χ3n) is 5.56. The van der Waals surface area contributed by atoms with Crippen LogP contribution >= 0.6 is 23.7 Å². The predicted octanol–water partition coefficient (Wildman–Crippen LogP) is 4.99. The van der Waals surface area contributed by atoms with Crippen molar-refractivity contribution in [1.29, 1.82) is 0 Å². The van der Waals surface area contributed by atoms with E-state index in [1.807, 2.05) is 19.3 Å².